The summed E-state index contributed by atoms with van der Waals surface area (Å²) in [6.07, 6.45) is -3.85. The minimum Gasteiger partial charge on any atom is -0.497 e. The Morgan fingerprint density at radius 1 is 1.26 bits per heavy atom. The molecule has 2 aromatic rings. The fourth-order valence-electron chi connectivity index (χ4n) is 4.91. The van der Waals surface area contributed by atoms with Crippen LogP contribution in [0.3, 0.4) is 0 Å². The number of ether oxygens (including phenoxy) is 2. The van der Waals surface area contributed by atoms with Crippen molar-refractivity contribution in [1.82, 2.24) is 15.2 Å². The van der Waals surface area contributed by atoms with Crippen molar-refractivity contribution in [3.8, 4) is 16.2 Å². The highest BCUT2D eigenvalue weighted by Crippen LogP contribution is 2.38. The van der Waals surface area contributed by atoms with E-state index < -0.39 is 54.4 Å². The van der Waals surface area contributed by atoms with E-state index in [0.29, 0.717) is 33.2 Å². The molecular weight excluding hydrogens is 591 g/mol. The van der Waals surface area contributed by atoms with Gasteiger partial charge in [-0.25, -0.2) is 13.8 Å². The first-order valence-corrected chi connectivity index (χ1v) is 14.6. The summed E-state index contributed by atoms with van der Waals surface area (Å²) in [5.41, 5.74) is 0.322. The van der Waals surface area contributed by atoms with Crippen LogP contribution >= 0.6 is 11.3 Å². The summed E-state index contributed by atoms with van der Waals surface area (Å²) in [4.78, 5) is 24.2. The van der Waals surface area contributed by atoms with Gasteiger partial charge in [0.1, 0.15) is 22.8 Å². The van der Waals surface area contributed by atoms with E-state index in [4.69, 9.17) is 9.47 Å². The summed E-state index contributed by atoms with van der Waals surface area (Å²) >= 11 is 1.28. The van der Waals surface area contributed by atoms with E-state index in [1.54, 1.807) is 45.0 Å². The maximum absolute atomic E-state index is 14.9. The van der Waals surface area contributed by atoms with Gasteiger partial charge in [0.2, 0.25) is 5.90 Å². The fraction of sp³-hybridized carbons (Fsp3) is 0.500. The van der Waals surface area contributed by atoms with Crippen LogP contribution in [0.2, 0.25) is 0 Å². The molecule has 236 valence electrons. The Morgan fingerprint density at radius 3 is 2.44 bits per heavy atom. The number of halogens is 5. The summed E-state index contributed by atoms with van der Waals surface area (Å²) in [6.45, 7) is 7.24. The lowest BCUT2D eigenvalue weighted by atomic mass is 9.88. The van der Waals surface area contributed by atoms with Gasteiger partial charge in [0, 0.05) is 13.0 Å². The molecule has 0 aliphatic carbocycles. The molecule has 43 heavy (non-hydrogen) atoms. The number of alkyl halides is 5. The molecule has 0 saturated carbocycles. The number of aryl methyl sites for hydroxylation is 1. The number of amides is 1. The quantitative estimate of drug-likeness (QED) is 0.178. The lowest BCUT2D eigenvalue weighted by Gasteiger charge is -2.43. The Hall–Kier alpha value is -3.48. The number of hydrogen-bond acceptors (Lipinski definition) is 7. The average molecular weight is 629 g/mol. The van der Waals surface area contributed by atoms with E-state index in [1.165, 1.54) is 25.4 Å². The van der Waals surface area contributed by atoms with E-state index in [0.717, 1.165) is 18.1 Å². The Balaban J connectivity index is 1.99. The molecule has 2 unspecified atom stereocenters. The molecule has 0 bridgehead atoms. The van der Waals surface area contributed by atoms with Gasteiger partial charge in [0.05, 0.1) is 36.7 Å². The van der Waals surface area contributed by atoms with Gasteiger partial charge in [-0.3, -0.25) is 4.79 Å². The molecule has 3 rings (SSSR count). The van der Waals surface area contributed by atoms with Crippen LogP contribution in [0.5, 0.6) is 5.75 Å². The van der Waals surface area contributed by atoms with Gasteiger partial charge in [0.15, 0.2) is 0 Å². The van der Waals surface area contributed by atoms with E-state index in [2.05, 4.69) is 15.3 Å². The highest BCUT2D eigenvalue weighted by atomic mass is 32.1. The number of piperidine rings is 1. The number of aromatic nitrogens is 1. The minimum absolute atomic E-state index is 0.0334. The molecule has 1 fully saturated rings. The molecule has 0 spiro atoms. The molecule has 1 amide bonds. The molecular formula is C30H37F5N4O3S. The van der Waals surface area contributed by atoms with Crippen LogP contribution in [0, 0.1) is 12.8 Å². The fourth-order valence-corrected chi connectivity index (χ4v) is 5.82. The highest BCUT2D eigenvalue weighted by molar-refractivity contribution is 7.15. The van der Waals surface area contributed by atoms with Gasteiger partial charge in [-0.05, 0) is 68.5 Å². The van der Waals surface area contributed by atoms with Crippen LogP contribution in [-0.2, 0) is 4.74 Å². The molecule has 1 aliphatic heterocycles. The molecule has 1 aromatic heterocycles. The van der Waals surface area contributed by atoms with Crippen molar-refractivity contribution in [1.29, 1.82) is 0 Å². The maximum Gasteiger partial charge on any atom is 0.421 e. The molecule has 1 aromatic carbocycles. The van der Waals surface area contributed by atoms with Crippen molar-refractivity contribution in [2.24, 2.45) is 10.9 Å². The number of carbonyl (C=O) groups is 1. The number of allylic oxidation sites excluding steroid dienone is 2. The lowest BCUT2D eigenvalue weighted by Crippen LogP contribution is -2.58. The summed E-state index contributed by atoms with van der Waals surface area (Å²) in [6, 6.07) is 6.27. The summed E-state index contributed by atoms with van der Waals surface area (Å²) in [7, 11) is 2.63. The van der Waals surface area contributed by atoms with Gasteiger partial charge in [-0.15, -0.1) is 11.3 Å². The number of rotatable bonds is 9. The zero-order valence-electron chi connectivity index (χ0n) is 25.2. The Labute approximate surface area is 252 Å². The van der Waals surface area contributed by atoms with Crippen molar-refractivity contribution < 1.29 is 36.2 Å². The number of carbonyl (C=O) groups excluding carboxylic acids is 1. The monoisotopic (exact) mass is 628 g/mol. The Morgan fingerprint density at radius 2 is 1.91 bits per heavy atom. The first-order chi connectivity index (χ1) is 20.1. The Kier molecular flexibility index (Phi) is 11.0. The molecule has 1 aliphatic rings. The average Bonchev–Trinajstić information content (AvgIpc) is 3.34. The number of hydrogen-bond donors (Lipinski definition) is 1. The number of benzene rings is 1. The molecule has 0 radical (unpaired) electrons. The van der Waals surface area contributed by atoms with Crippen molar-refractivity contribution in [2.45, 2.75) is 65.6 Å². The second-order valence-corrected chi connectivity index (χ2v) is 11.6. The van der Waals surface area contributed by atoms with Gasteiger partial charge in [0.25, 0.3) is 11.8 Å². The van der Waals surface area contributed by atoms with E-state index in [-0.39, 0.29) is 18.1 Å². The number of nitrogens with one attached hydrogen (secondary N) is 1. The van der Waals surface area contributed by atoms with Crippen LogP contribution < -0.4 is 10.1 Å². The van der Waals surface area contributed by atoms with Crippen molar-refractivity contribution in [2.75, 3.05) is 27.3 Å². The van der Waals surface area contributed by atoms with E-state index >= 15 is 0 Å². The molecule has 7 nitrogen and oxygen atoms in total. The molecule has 1 N–H and O–H groups in total. The van der Waals surface area contributed by atoms with E-state index in [1.807, 2.05) is 6.92 Å². The third-order valence-electron chi connectivity index (χ3n) is 7.27. The van der Waals surface area contributed by atoms with Crippen molar-refractivity contribution in [3.63, 3.8) is 0 Å². The standard InChI is InChI=1S/C30H37F5N4O3S/c1-8-17(3)26(38-27(42-7)22(9-2)30(33,34)35)36-15-23-18(4)14-29(31,32)16-39(23)28(40)24-25(43-19(5)37-24)20-10-12-21(41-6)13-11-20/h9-13,18,23,36H,8,14-16H2,1-7H3/b22-9+,26-17-,38-27+. The normalized spacial score (nSPS) is 20.0. The predicted molar refractivity (Wildman–Crippen MR) is 158 cm³/mol. The van der Waals surface area contributed by atoms with Gasteiger partial charge >= 0.3 is 6.18 Å². The van der Waals surface area contributed by atoms with Crippen LogP contribution in [-0.4, -0.2) is 67.1 Å². The second kappa shape index (κ2) is 13.9. The van der Waals surface area contributed by atoms with Crippen molar-refractivity contribution in [3.05, 3.63) is 58.0 Å². The molecule has 2 atom stereocenters. The number of aliphatic imine (C=N–C) groups is 1. The topological polar surface area (TPSA) is 76.1 Å². The first kappa shape index (κ1) is 34.0. The number of nitrogens with zero attached hydrogens (tertiary/aromatic N) is 3. The number of thiazole rings is 1. The molecule has 1 saturated heterocycles. The number of likely N-dealkylation sites (tertiary alicyclic amines) is 1. The van der Waals surface area contributed by atoms with Crippen molar-refractivity contribution >= 4 is 23.1 Å². The minimum atomic E-state index is -4.70. The van der Waals surface area contributed by atoms with Gasteiger partial charge < -0.3 is 19.7 Å². The SMILES string of the molecule is C\C=C(/C(=N\C(NCC1C(C)CC(F)(F)CN1C(=O)c1nc(C)sc1-c1ccc(OC)cc1)=C(\C)CC)OC)C(F)(F)F. The van der Waals surface area contributed by atoms with Crippen LogP contribution in [0.1, 0.15) is 56.0 Å². The molecule has 13 heteroatoms. The molecule has 2 heterocycles. The lowest BCUT2D eigenvalue weighted by molar-refractivity contribution is -0.0913. The third kappa shape index (κ3) is 8.12. The van der Waals surface area contributed by atoms with Crippen LogP contribution in [0.15, 0.2) is 52.3 Å². The van der Waals surface area contributed by atoms with Gasteiger partial charge in [-0.1, -0.05) is 19.9 Å². The first-order valence-electron chi connectivity index (χ1n) is 13.8. The zero-order chi connectivity index (χ0) is 32.1. The largest absolute Gasteiger partial charge is 0.497 e. The van der Waals surface area contributed by atoms with Crippen LogP contribution in [0.25, 0.3) is 10.4 Å². The predicted octanol–water partition coefficient (Wildman–Crippen LogP) is 7.40. The maximum atomic E-state index is 14.9. The second-order valence-electron chi connectivity index (χ2n) is 10.4. The summed E-state index contributed by atoms with van der Waals surface area (Å²) in [5.74, 6) is -4.34. The smallest absolute Gasteiger partial charge is 0.421 e. The number of methoxy groups -OCH3 is 2. The zero-order valence-corrected chi connectivity index (χ0v) is 26.1. The third-order valence-corrected chi connectivity index (χ3v) is 8.29. The van der Waals surface area contributed by atoms with Crippen LogP contribution in [0.4, 0.5) is 22.0 Å². The summed E-state index contributed by atoms with van der Waals surface area (Å²) < 4.78 is 80.8. The van der Waals surface area contributed by atoms with E-state index in [9.17, 15) is 26.7 Å². The summed E-state index contributed by atoms with van der Waals surface area (Å²) in [5, 5.41) is 3.63. The highest BCUT2D eigenvalue weighted by Gasteiger charge is 2.47. The van der Waals surface area contributed by atoms with Gasteiger partial charge in [-0.2, -0.15) is 18.2 Å². The Bertz CT molecular complexity index is 1380.